The Bertz CT molecular complexity index is 1160. The van der Waals surface area contributed by atoms with Crippen LogP contribution in [0.3, 0.4) is 0 Å². The molecule has 0 fully saturated rings. The van der Waals surface area contributed by atoms with E-state index in [2.05, 4.69) is 10.6 Å². The van der Waals surface area contributed by atoms with Gasteiger partial charge in [0.05, 0.1) is 26.1 Å². The smallest absolute Gasteiger partial charge is 0.305 e. The van der Waals surface area contributed by atoms with Gasteiger partial charge in [-0.3, -0.25) is 28.8 Å². The van der Waals surface area contributed by atoms with Crippen LogP contribution in [0.1, 0.15) is 37.8 Å². The van der Waals surface area contributed by atoms with Gasteiger partial charge in [0.25, 0.3) is 11.8 Å². The average molecular weight is 617 g/mol. The number of hydrogen-bond donors (Lipinski definition) is 4. The molecule has 2 amide bonds. The summed E-state index contributed by atoms with van der Waals surface area (Å²) in [7, 11) is 0. The van der Waals surface area contributed by atoms with Crippen molar-refractivity contribution in [1.29, 1.82) is 0 Å². The maximum absolute atomic E-state index is 13.5. The Kier molecular flexibility index (Phi) is 15.0. The van der Waals surface area contributed by atoms with Gasteiger partial charge in [0.2, 0.25) is 12.2 Å². The fraction of sp³-hybridized carbons (Fsp3) is 0.400. The first kappa shape index (κ1) is 35.4. The number of amides is 2. The van der Waals surface area contributed by atoms with Crippen molar-refractivity contribution in [2.75, 3.05) is 13.2 Å². The molecule has 2 rings (SSSR count). The number of ether oxygens (including phenoxy) is 4. The number of nitrogens with one attached hydrogen (secondary N) is 2. The molecule has 14 heteroatoms. The molecular weight excluding hydrogens is 580 g/mol. The van der Waals surface area contributed by atoms with Gasteiger partial charge in [0.15, 0.2) is 0 Å². The van der Waals surface area contributed by atoms with E-state index in [1.54, 1.807) is 60.7 Å². The topological polar surface area (TPSA) is 204 Å². The molecule has 0 spiro atoms. The van der Waals surface area contributed by atoms with Crippen LogP contribution in [0, 0.1) is 0 Å². The van der Waals surface area contributed by atoms with Crippen molar-refractivity contribution in [3.05, 3.63) is 71.8 Å². The molecular formula is C30H36N2O12. The molecule has 44 heavy (non-hydrogen) atoms. The zero-order valence-electron chi connectivity index (χ0n) is 24.3. The highest BCUT2D eigenvalue weighted by molar-refractivity contribution is 5.93. The molecule has 2 aromatic carbocycles. The lowest BCUT2D eigenvalue weighted by Crippen LogP contribution is -2.57. The number of carbonyl (C=O) groups excluding carboxylic acids is 4. The molecule has 0 aliphatic rings. The summed E-state index contributed by atoms with van der Waals surface area (Å²) in [6, 6.07) is 17.5. The highest BCUT2D eigenvalue weighted by Gasteiger charge is 2.41. The molecule has 0 aliphatic heterocycles. The van der Waals surface area contributed by atoms with Crippen LogP contribution in [0.2, 0.25) is 0 Å². The lowest BCUT2D eigenvalue weighted by Gasteiger charge is -2.28. The first-order valence-corrected chi connectivity index (χ1v) is 13.6. The van der Waals surface area contributed by atoms with E-state index in [1.165, 1.54) is 0 Å². The molecule has 0 heterocycles. The highest BCUT2D eigenvalue weighted by atomic mass is 16.6. The maximum atomic E-state index is 13.5. The van der Waals surface area contributed by atoms with Gasteiger partial charge < -0.3 is 39.8 Å². The van der Waals surface area contributed by atoms with Crippen LogP contribution in [0.15, 0.2) is 60.7 Å². The monoisotopic (exact) mass is 616 g/mol. The average Bonchev–Trinajstić information content (AvgIpc) is 2.95. The quantitative estimate of drug-likeness (QED) is 0.130. The molecule has 0 bridgehead atoms. The summed E-state index contributed by atoms with van der Waals surface area (Å²) in [5.41, 5.74) is 1.43. The Morgan fingerprint density at radius 3 is 1.25 bits per heavy atom. The Morgan fingerprint density at radius 1 is 0.614 bits per heavy atom. The van der Waals surface area contributed by atoms with E-state index in [4.69, 9.17) is 29.2 Å². The number of rotatable bonds is 19. The normalized spacial score (nSPS) is 13.4. The van der Waals surface area contributed by atoms with Crippen molar-refractivity contribution in [2.45, 2.75) is 64.2 Å². The third-order valence-corrected chi connectivity index (χ3v) is 5.78. The van der Waals surface area contributed by atoms with Gasteiger partial charge in [-0.1, -0.05) is 60.7 Å². The summed E-state index contributed by atoms with van der Waals surface area (Å²) >= 11 is 0. The molecule has 0 aromatic heterocycles. The fourth-order valence-electron chi connectivity index (χ4n) is 3.88. The van der Waals surface area contributed by atoms with Crippen molar-refractivity contribution in [1.82, 2.24) is 10.6 Å². The van der Waals surface area contributed by atoms with Gasteiger partial charge in [0.1, 0.15) is 12.5 Å². The minimum Gasteiger partial charge on any atom is -0.481 e. The van der Waals surface area contributed by atoms with E-state index in [9.17, 15) is 28.8 Å². The van der Waals surface area contributed by atoms with Gasteiger partial charge in [-0.15, -0.1) is 0 Å². The second kappa shape index (κ2) is 18.7. The number of benzene rings is 2. The summed E-state index contributed by atoms with van der Waals surface area (Å²) in [6.45, 7) is 1.43. The van der Waals surface area contributed by atoms with Crippen molar-refractivity contribution < 1.29 is 57.9 Å². The largest absolute Gasteiger partial charge is 0.481 e. The van der Waals surface area contributed by atoms with Crippen LogP contribution < -0.4 is 10.6 Å². The molecule has 0 radical (unpaired) electrons. The Balaban J connectivity index is 2.32. The van der Waals surface area contributed by atoms with Gasteiger partial charge in [0, 0.05) is 26.7 Å². The number of hydrogen-bond acceptors (Lipinski definition) is 10. The Morgan fingerprint density at radius 2 is 0.955 bits per heavy atom. The van der Waals surface area contributed by atoms with Crippen molar-refractivity contribution in [2.24, 2.45) is 0 Å². The lowest BCUT2D eigenvalue weighted by molar-refractivity contribution is -0.176. The first-order valence-electron chi connectivity index (χ1n) is 13.6. The Hall–Kier alpha value is -4.82. The standard InChI is InChI=1S/C30H36N2O12/c1-19(33)43-27(29(39)31-23(41-15-13-25(35)36)17-21-9-5-3-6-10-21)28(44-20(2)34)30(40)32-24(42-16-14-26(37)38)18-22-11-7-4-8-12-22/h3-12,23-24,27-28H,13-18H2,1-2H3,(H,31,39)(H,32,40)(H,35,36)(H,37,38)/t23?,24?,27-,28-/m1/s1. The molecule has 2 aromatic rings. The van der Waals surface area contributed by atoms with Crippen molar-refractivity contribution >= 4 is 35.7 Å². The second-order valence-electron chi connectivity index (χ2n) is 9.46. The number of esters is 2. The predicted molar refractivity (Wildman–Crippen MR) is 152 cm³/mol. The molecule has 0 aliphatic carbocycles. The summed E-state index contributed by atoms with van der Waals surface area (Å²) < 4.78 is 21.4. The third kappa shape index (κ3) is 13.9. The van der Waals surface area contributed by atoms with Crippen LogP contribution in [0.5, 0.6) is 0 Å². The molecule has 0 saturated heterocycles. The zero-order chi connectivity index (χ0) is 32.5. The van der Waals surface area contributed by atoms with Crippen molar-refractivity contribution in [3.63, 3.8) is 0 Å². The number of carboxylic acids is 2. The Labute approximate surface area is 253 Å². The molecule has 14 nitrogen and oxygen atoms in total. The van der Waals surface area contributed by atoms with Crippen LogP contribution >= 0.6 is 0 Å². The summed E-state index contributed by atoms with van der Waals surface area (Å²) in [5.74, 6) is -6.33. The van der Waals surface area contributed by atoms with Crippen molar-refractivity contribution in [3.8, 4) is 0 Å². The van der Waals surface area contributed by atoms with E-state index in [1.807, 2.05) is 0 Å². The molecule has 238 valence electrons. The summed E-state index contributed by atoms with van der Waals surface area (Å²) in [6.07, 6.45) is -6.78. The minimum atomic E-state index is -1.99. The van der Waals surface area contributed by atoms with E-state index in [-0.39, 0.29) is 38.9 Å². The number of carboxylic acid groups (broad SMARTS) is 2. The summed E-state index contributed by atoms with van der Waals surface area (Å²) in [4.78, 5) is 73.0. The van der Waals surface area contributed by atoms with Gasteiger partial charge in [-0.2, -0.15) is 0 Å². The van der Waals surface area contributed by atoms with E-state index >= 15 is 0 Å². The highest BCUT2D eigenvalue weighted by Crippen LogP contribution is 2.13. The second-order valence-corrected chi connectivity index (χ2v) is 9.46. The number of carbonyl (C=O) groups is 6. The van der Waals surface area contributed by atoms with E-state index in [0.717, 1.165) is 13.8 Å². The first-order chi connectivity index (χ1) is 20.9. The fourth-order valence-corrected chi connectivity index (χ4v) is 3.88. The van der Waals surface area contributed by atoms with Gasteiger partial charge >= 0.3 is 23.9 Å². The SMILES string of the molecule is CC(=O)O[C@@H](C(=O)NC(Cc1ccccc1)OCCC(=O)O)[C@@H](OC(C)=O)C(=O)NC(Cc1ccccc1)OCCC(=O)O. The molecule has 0 saturated carbocycles. The maximum Gasteiger partial charge on any atom is 0.305 e. The lowest BCUT2D eigenvalue weighted by atomic mass is 10.1. The zero-order valence-corrected chi connectivity index (χ0v) is 24.3. The third-order valence-electron chi connectivity index (χ3n) is 5.78. The molecule has 4 N–H and O–H groups in total. The van der Waals surface area contributed by atoms with Crippen LogP contribution in [-0.4, -0.2) is 83.8 Å². The summed E-state index contributed by atoms with van der Waals surface area (Å²) in [5, 5.41) is 23.0. The minimum absolute atomic E-state index is 0.0833. The van der Waals surface area contributed by atoms with Gasteiger partial charge in [-0.25, -0.2) is 0 Å². The van der Waals surface area contributed by atoms with Crippen LogP contribution in [0.25, 0.3) is 0 Å². The van der Waals surface area contributed by atoms with Crippen LogP contribution in [0.4, 0.5) is 0 Å². The molecule has 2 unspecified atom stereocenters. The van der Waals surface area contributed by atoms with Gasteiger partial charge in [-0.05, 0) is 11.1 Å². The van der Waals surface area contributed by atoms with Crippen LogP contribution in [-0.2, 0) is 60.6 Å². The molecule has 4 atom stereocenters. The van der Waals surface area contributed by atoms with E-state index in [0.29, 0.717) is 11.1 Å². The van der Waals surface area contributed by atoms with E-state index < -0.39 is 60.4 Å². The number of aliphatic carboxylic acids is 2. The predicted octanol–water partition coefficient (Wildman–Crippen LogP) is 1.20.